The van der Waals surface area contributed by atoms with Gasteiger partial charge >= 0.3 is 12.1 Å². The summed E-state index contributed by atoms with van der Waals surface area (Å²) in [6, 6.07) is 8.58. The fourth-order valence-electron chi connectivity index (χ4n) is 1.88. The van der Waals surface area contributed by atoms with Crippen LogP contribution in [0.4, 0.5) is 24.5 Å². The van der Waals surface area contributed by atoms with Crippen molar-refractivity contribution in [3.05, 3.63) is 58.6 Å². The van der Waals surface area contributed by atoms with Gasteiger partial charge in [-0.3, -0.25) is 4.79 Å². The second-order valence-corrected chi connectivity index (χ2v) is 5.31. The first kappa shape index (κ1) is 18.6. The lowest BCUT2D eigenvalue weighted by atomic mass is 10.2. The molecule has 0 fully saturated rings. The fraction of sp³-hybridized carbons (Fsp3) is 0.125. The molecule has 0 radical (unpaired) electrons. The number of hydrogen-bond acceptors (Lipinski definition) is 4. The second kappa shape index (κ2) is 7.43. The van der Waals surface area contributed by atoms with E-state index < -0.39 is 30.2 Å². The summed E-state index contributed by atoms with van der Waals surface area (Å²) in [5.41, 5.74) is 4.64. The minimum absolute atomic E-state index is 0.0763. The van der Waals surface area contributed by atoms with Crippen LogP contribution >= 0.6 is 11.6 Å². The monoisotopic (exact) mass is 372 g/mol. The van der Waals surface area contributed by atoms with Crippen LogP contribution in [0.1, 0.15) is 15.9 Å². The van der Waals surface area contributed by atoms with Crippen LogP contribution in [0.15, 0.2) is 42.5 Å². The molecule has 0 heterocycles. The Morgan fingerprint density at radius 2 is 1.84 bits per heavy atom. The van der Waals surface area contributed by atoms with Crippen molar-refractivity contribution in [2.24, 2.45) is 0 Å². The van der Waals surface area contributed by atoms with Gasteiger partial charge in [0.2, 0.25) is 0 Å². The molecule has 0 aliphatic heterocycles. The smallest absolute Gasteiger partial charge is 0.416 e. The summed E-state index contributed by atoms with van der Waals surface area (Å²) in [7, 11) is 0. The third kappa shape index (κ3) is 4.87. The SMILES string of the molecule is Nc1ccccc1C(=O)OCC(=O)Nc1cc(C(F)(F)F)ccc1Cl. The first-order valence-corrected chi connectivity index (χ1v) is 7.24. The predicted molar refractivity (Wildman–Crippen MR) is 86.2 cm³/mol. The molecule has 1 amide bonds. The molecule has 25 heavy (non-hydrogen) atoms. The van der Waals surface area contributed by atoms with Crippen LogP contribution < -0.4 is 11.1 Å². The van der Waals surface area contributed by atoms with Crippen LogP contribution in [0.25, 0.3) is 0 Å². The summed E-state index contributed by atoms with van der Waals surface area (Å²) >= 11 is 5.76. The number of nitrogens with one attached hydrogen (secondary N) is 1. The molecule has 0 unspecified atom stereocenters. The Balaban J connectivity index is 2.01. The van der Waals surface area contributed by atoms with Crippen LogP contribution in [0.2, 0.25) is 5.02 Å². The van der Waals surface area contributed by atoms with Gasteiger partial charge in [0.15, 0.2) is 6.61 Å². The molecule has 2 aromatic carbocycles. The number of esters is 1. The lowest BCUT2D eigenvalue weighted by Crippen LogP contribution is -2.21. The Labute approximate surface area is 145 Å². The molecule has 0 aliphatic rings. The highest BCUT2D eigenvalue weighted by Gasteiger charge is 2.31. The Hall–Kier alpha value is -2.74. The van der Waals surface area contributed by atoms with Crippen molar-refractivity contribution in [3.63, 3.8) is 0 Å². The van der Waals surface area contributed by atoms with Crippen molar-refractivity contribution in [2.75, 3.05) is 17.7 Å². The summed E-state index contributed by atoms with van der Waals surface area (Å²) in [6.07, 6.45) is -4.58. The van der Waals surface area contributed by atoms with Crippen molar-refractivity contribution >= 4 is 34.9 Å². The molecule has 5 nitrogen and oxygen atoms in total. The number of benzene rings is 2. The normalized spacial score (nSPS) is 11.0. The van der Waals surface area contributed by atoms with Crippen molar-refractivity contribution in [1.82, 2.24) is 0 Å². The average molecular weight is 373 g/mol. The molecule has 9 heteroatoms. The maximum absolute atomic E-state index is 12.7. The van der Waals surface area contributed by atoms with E-state index in [4.69, 9.17) is 22.1 Å². The standard InChI is InChI=1S/C16H12ClF3N2O3/c17-11-6-5-9(16(18,19)20)7-13(11)22-14(23)8-25-15(24)10-3-1-2-4-12(10)21/h1-7H,8,21H2,(H,22,23). The van der Waals surface area contributed by atoms with Crippen molar-refractivity contribution in [3.8, 4) is 0 Å². The van der Waals surface area contributed by atoms with Gasteiger partial charge in [-0.05, 0) is 30.3 Å². The highest BCUT2D eigenvalue weighted by Crippen LogP contribution is 2.33. The Bertz CT molecular complexity index is 809. The quantitative estimate of drug-likeness (QED) is 0.633. The molecule has 132 valence electrons. The lowest BCUT2D eigenvalue weighted by Gasteiger charge is -2.12. The number of hydrogen-bond donors (Lipinski definition) is 2. The first-order valence-electron chi connectivity index (χ1n) is 6.86. The van der Waals surface area contributed by atoms with Gasteiger partial charge in [0.25, 0.3) is 5.91 Å². The van der Waals surface area contributed by atoms with Crippen LogP contribution in [0.3, 0.4) is 0 Å². The van der Waals surface area contributed by atoms with Crippen LogP contribution in [-0.2, 0) is 15.7 Å². The van der Waals surface area contributed by atoms with E-state index in [9.17, 15) is 22.8 Å². The maximum Gasteiger partial charge on any atom is 0.416 e. The van der Waals surface area contributed by atoms with Crippen LogP contribution in [-0.4, -0.2) is 18.5 Å². The van der Waals surface area contributed by atoms with Crippen LogP contribution in [0, 0.1) is 0 Å². The van der Waals surface area contributed by atoms with Crippen molar-refractivity contribution in [2.45, 2.75) is 6.18 Å². The topological polar surface area (TPSA) is 81.4 Å². The minimum Gasteiger partial charge on any atom is -0.452 e. The zero-order valence-corrected chi connectivity index (χ0v) is 13.3. The van der Waals surface area contributed by atoms with E-state index in [1.807, 2.05) is 0 Å². The third-order valence-corrected chi connectivity index (χ3v) is 3.41. The molecule has 2 aromatic rings. The van der Waals surface area contributed by atoms with Gasteiger partial charge in [0.1, 0.15) is 0 Å². The van der Waals surface area contributed by atoms with Crippen molar-refractivity contribution < 1.29 is 27.5 Å². The zero-order chi connectivity index (χ0) is 18.6. The van der Waals surface area contributed by atoms with Crippen LogP contribution in [0.5, 0.6) is 0 Å². The van der Waals surface area contributed by atoms with E-state index in [1.54, 1.807) is 12.1 Å². The number of halogens is 4. The summed E-state index contributed by atoms with van der Waals surface area (Å²) in [5, 5.41) is 2.08. The number of anilines is 2. The number of para-hydroxylation sites is 1. The summed E-state index contributed by atoms with van der Waals surface area (Å²) < 4.78 is 42.8. The van der Waals surface area contributed by atoms with Gasteiger partial charge in [-0.25, -0.2) is 4.79 Å². The fourth-order valence-corrected chi connectivity index (χ4v) is 2.04. The number of ether oxygens (including phenoxy) is 1. The van der Waals surface area contributed by atoms with Gasteiger partial charge in [0.05, 0.1) is 21.8 Å². The lowest BCUT2D eigenvalue weighted by molar-refractivity contribution is -0.137. The highest BCUT2D eigenvalue weighted by molar-refractivity contribution is 6.33. The van der Waals surface area contributed by atoms with Gasteiger partial charge in [-0.1, -0.05) is 23.7 Å². The average Bonchev–Trinajstić information content (AvgIpc) is 2.54. The van der Waals surface area contributed by atoms with Crippen molar-refractivity contribution in [1.29, 1.82) is 0 Å². The highest BCUT2D eigenvalue weighted by atomic mass is 35.5. The minimum atomic E-state index is -4.58. The van der Waals surface area contributed by atoms with Gasteiger partial charge < -0.3 is 15.8 Å². The number of carbonyl (C=O) groups is 2. The predicted octanol–water partition coefficient (Wildman–Crippen LogP) is 3.74. The number of nitrogen functional groups attached to an aromatic ring is 1. The number of rotatable bonds is 4. The molecular formula is C16H12ClF3N2O3. The van der Waals surface area contributed by atoms with E-state index >= 15 is 0 Å². The van der Waals surface area contributed by atoms with Gasteiger partial charge in [0, 0.05) is 5.69 Å². The zero-order valence-electron chi connectivity index (χ0n) is 12.6. The third-order valence-electron chi connectivity index (χ3n) is 3.08. The van der Waals surface area contributed by atoms with Gasteiger partial charge in [-0.15, -0.1) is 0 Å². The van der Waals surface area contributed by atoms with E-state index in [1.165, 1.54) is 12.1 Å². The second-order valence-electron chi connectivity index (χ2n) is 4.90. The molecule has 0 aliphatic carbocycles. The molecule has 0 aromatic heterocycles. The largest absolute Gasteiger partial charge is 0.452 e. The summed E-state index contributed by atoms with van der Waals surface area (Å²) in [5.74, 6) is -1.67. The summed E-state index contributed by atoms with van der Waals surface area (Å²) in [6.45, 7) is -0.709. The molecule has 0 saturated heterocycles. The van der Waals surface area contributed by atoms with E-state index in [-0.39, 0.29) is 22.0 Å². The number of amides is 1. The number of carbonyl (C=O) groups excluding carboxylic acids is 2. The van der Waals surface area contributed by atoms with E-state index in [0.717, 1.165) is 12.1 Å². The number of alkyl halides is 3. The molecule has 2 rings (SSSR count). The summed E-state index contributed by atoms with van der Waals surface area (Å²) in [4.78, 5) is 23.6. The van der Waals surface area contributed by atoms with Gasteiger partial charge in [-0.2, -0.15) is 13.2 Å². The van der Waals surface area contributed by atoms with E-state index in [2.05, 4.69) is 5.32 Å². The molecule has 0 saturated carbocycles. The molecule has 0 bridgehead atoms. The Morgan fingerprint density at radius 1 is 1.16 bits per heavy atom. The Morgan fingerprint density at radius 3 is 2.48 bits per heavy atom. The molecular weight excluding hydrogens is 361 g/mol. The maximum atomic E-state index is 12.7. The van der Waals surface area contributed by atoms with E-state index in [0.29, 0.717) is 6.07 Å². The molecule has 3 N–H and O–H groups in total. The molecule has 0 spiro atoms. The Kier molecular flexibility index (Phi) is 5.53. The number of nitrogens with two attached hydrogens (primary N) is 1. The first-order chi connectivity index (χ1) is 11.7. The molecule has 0 atom stereocenters.